The van der Waals surface area contributed by atoms with Gasteiger partial charge in [0.1, 0.15) is 5.02 Å². The number of hydrogen-bond donors (Lipinski definition) is 2. The van der Waals surface area contributed by atoms with Gasteiger partial charge >= 0.3 is 0 Å². The van der Waals surface area contributed by atoms with Crippen LogP contribution < -0.4 is 11.2 Å². The Kier molecular flexibility index (Phi) is 5.70. The summed E-state index contributed by atoms with van der Waals surface area (Å²) < 4.78 is 0. The first-order valence-electron chi connectivity index (χ1n) is 6.94. The van der Waals surface area contributed by atoms with Gasteiger partial charge in [0.05, 0.1) is 16.4 Å². The molecule has 0 saturated heterocycles. The zero-order valence-corrected chi connectivity index (χ0v) is 15.5. The molecular formula is C16H15Cl3N4O. The molecule has 0 fully saturated rings. The van der Waals surface area contributed by atoms with Crippen molar-refractivity contribution in [1.82, 2.24) is 10.4 Å². The van der Waals surface area contributed by atoms with Gasteiger partial charge < -0.3 is 5.73 Å². The minimum Gasteiger partial charge on any atom is -0.396 e. The van der Waals surface area contributed by atoms with E-state index >= 15 is 0 Å². The molecule has 0 saturated carbocycles. The fourth-order valence-electron chi connectivity index (χ4n) is 1.90. The Balaban J connectivity index is 2.25. The maximum absolute atomic E-state index is 12.2. The summed E-state index contributed by atoms with van der Waals surface area (Å²) in [5.74, 6) is -0.631. The Hall–Kier alpha value is -1.82. The van der Waals surface area contributed by atoms with E-state index < -0.39 is 5.91 Å². The predicted molar refractivity (Wildman–Crippen MR) is 99.3 cm³/mol. The number of halogens is 3. The van der Waals surface area contributed by atoms with Crippen LogP contribution in [0.15, 0.2) is 23.3 Å². The first-order chi connectivity index (χ1) is 11.2. The highest BCUT2D eigenvalue weighted by molar-refractivity contribution is 6.46. The van der Waals surface area contributed by atoms with Crippen molar-refractivity contribution in [3.8, 4) is 0 Å². The summed E-state index contributed by atoms with van der Waals surface area (Å²) in [4.78, 5) is 16.1. The number of benzene rings is 1. The summed E-state index contributed by atoms with van der Waals surface area (Å²) in [7, 11) is 0. The fourth-order valence-corrected chi connectivity index (χ4v) is 2.49. The zero-order chi connectivity index (χ0) is 18.0. The van der Waals surface area contributed by atoms with E-state index in [2.05, 4.69) is 15.5 Å². The zero-order valence-electron chi connectivity index (χ0n) is 13.2. The number of carbonyl (C=O) groups excluding carboxylic acids is 1. The van der Waals surface area contributed by atoms with Crippen molar-refractivity contribution in [2.24, 2.45) is 5.10 Å². The van der Waals surface area contributed by atoms with Crippen molar-refractivity contribution >= 4 is 52.1 Å². The Labute approximate surface area is 154 Å². The molecule has 2 rings (SSSR count). The number of hydrazone groups is 1. The van der Waals surface area contributed by atoms with Crippen LogP contribution in [-0.2, 0) is 0 Å². The third kappa shape index (κ3) is 3.80. The van der Waals surface area contributed by atoms with Gasteiger partial charge in [0.15, 0.2) is 10.8 Å². The predicted octanol–water partition coefficient (Wildman–Crippen LogP) is 4.39. The van der Waals surface area contributed by atoms with E-state index in [-0.39, 0.29) is 26.6 Å². The first kappa shape index (κ1) is 18.5. The Bertz CT molecular complexity index is 850. The van der Waals surface area contributed by atoms with Crippen LogP contribution in [0.5, 0.6) is 0 Å². The van der Waals surface area contributed by atoms with Crippen LogP contribution in [-0.4, -0.2) is 16.6 Å². The average Bonchev–Trinajstić information content (AvgIpc) is 2.56. The molecule has 126 valence electrons. The highest BCUT2D eigenvalue weighted by atomic mass is 35.5. The van der Waals surface area contributed by atoms with Crippen molar-refractivity contribution in [1.29, 1.82) is 0 Å². The quantitative estimate of drug-likeness (QED) is 0.467. The van der Waals surface area contributed by atoms with E-state index in [1.807, 2.05) is 32.0 Å². The molecule has 1 aromatic heterocycles. The number of carbonyl (C=O) groups is 1. The largest absolute Gasteiger partial charge is 0.396 e. The molecule has 1 amide bonds. The number of pyridine rings is 1. The summed E-state index contributed by atoms with van der Waals surface area (Å²) in [6.07, 6.45) is 0. The van der Waals surface area contributed by atoms with E-state index in [1.54, 1.807) is 6.92 Å². The molecule has 0 aliphatic heterocycles. The van der Waals surface area contributed by atoms with Gasteiger partial charge in [0, 0.05) is 0 Å². The molecule has 0 atom stereocenters. The summed E-state index contributed by atoms with van der Waals surface area (Å²) in [6.45, 7) is 5.81. The van der Waals surface area contributed by atoms with Crippen LogP contribution in [0.3, 0.4) is 0 Å². The molecular weight excluding hydrogens is 371 g/mol. The van der Waals surface area contributed by atoms with Crippen LogP contribution in [0.25, 0.3) is 0 Å². The second-order valence-electron chi connectivity index (χ2n) is 5.23. The number of aromatic nitrogens is 1. The van der Waals surface area contributed by atoms with Crippen LogP contribution in [0, 0.1) is 13.8 Å². The number of nitrogens with zero attached hydrogens (tertiary/aromatic N) is 2. The molecule has 5 nitrogen and oxygen atoms in total. The maximum Gasteiger partial charge on any atom is 0.291 e. The molecule has 1 heterocycles. The van der Waals surface area contributed by atoms with Gasteiger partial charge in [0.2, 0.25) is 0 Å². The molecule has 2 aromatic rings. The molecule has 24 heavy (non-hydrogen) atoms. The number of amides is 1. The van der Waals surface area contributed by atoms with E-state index in [0.29, 0.717) is 5.71 Å². The third-order valence-corrected chi connectivity index (χ3v) is 4.67. The van der Waals surface area contributed by atoms with Gasteiger partial charge in [-0.05, 0) is 43.5 Å². The lowest BCUT2D eigenvalue weighted by atomic mass is 10.0. The van der Waals surface area contributed by atoms with Crippen LogP contribution in [0.2, 0.25) is 15.2 Å². The highest BCUT2D eigenvalue weighted by Gasteiger charge is 2.19. The number of hydrogen-bond acceptors (Lipinski definition) is 4. The maximum atomic E-state index is 12.2. The summed E-state index contributed by atoms with van der Waals surface area (Å²) in [5.41, 5.74) is 11.8. The van der Waals surface area contributed by atoms with Gasteiger partial charge in [-0.3, -0.25) is 4.79 Å². The SMILES string of the molecule is C/C(=N\NC(=O)c1nc(Cl)c(Cl)c(N)c1Cl)c1ccc(C)c(C)c1. The van der Waals surface area contributed by atoms with E-state index in [9.17, 15) is 4.79 Å². The molecule has 1 aromatic carbocycles. The van der Waals surface area contributed by atoms with Crippen LogP contribution in [0.4, 0.5) is 5.69 Å². The van der Waals surface area contributed by atoms with Crippen LogP contribution in [0.1, 0.15) is 34.1 Å². The van der Waals surface area contributed by atoms with Crippen molar-refractivity contribution in [2.45, 2.75) is 20.8 Å². The molecule has 0 aliphatic carbocycles. The molecule has 3 N–H and O–H groups in total. The topological polar surface area (TPSA) is 80.4 Å². The standard InChI is InChI=1S/C16H15Cl3N4O/c1-7-4-5-10(6-8(7)2)9(3)22-23-16(24)14-11(17)13(20)12(18)15(19)21-14/h4-6H,1-3H3,(H2,20,21)(H,23,24)/b22-9+. The lowest BCUT2D eigenvalue weighted by Crippen LogP contribution is -2.21. The number of nitrogens with two attached hydrogens (primary N) is 1. The number of nitrogen functional groups attached to an aromatic ring is 1. The molecule has 0 radical (unpaired) electrons. The summed E-state index contributed by atoms with van der Waals surface area (Å²) >= 11 is 17.7. The normalized spacial score (nSPS) is 11.5. The number of nitrogens with one attached hydrogen (secondary N) is 1. The minimum absolute atomic E-state index is 0.00153. The van der Waals surface area contributed by atoms with Gasteiger partial charge in [-0.25, -0.2) is 10.4 Å². The fraction of sp³-hybridized carbons (Fsp3) is 0.188. The van der Waals surface area contributed by atoms with Crippen molar-refractivity contribution < 1.29 is 4.79 Å². The molecule has 8 heteroatoms. The lowest BCUT2D eigenvalue weighted by Gasteiger charge is -2.09. The second kappa shape index (κ2) is 7.38. The van der Waals surface area contributed by atoms with Gasteiger partial charge in [-0.1, -0.05) is 46.9 Å². The number of anilines is 1. The van der Waals surface area contributed by atoms with Crippen LogP contribution >= 0.6 is 34.8 Å². The Morgan fingerprint density at radius 3 is 2.46 bits per heavy atom. The third-order valence-electron chi connectivity index (χ3n) is 3.54. The van der Waals surface area contributed by atoms with Gasteiger partial charge in [-0.15, -0.1) is 0 Å². The average molecular weight is 386 g/mol. The smallest absolute Gasteiger partial charge is 0.291 e. The second-order valence-corrected chi connectivity index (χ2v) is 6.34. The molecule has 0 unspecified atom stereocenters. The number of rotatable bonds is 3. The number of aryl methyl sites for hydroxylation is 2. The lowest BCUT2D eigenvalue weighted by molar-refractivity contribution is 0.0950. The minimum atomic E-state index is -0.631. The van der Waals surface area contributed by atoms with Crippen molar-refractivity contribution in [3.05, 3.63) is 55.8 Å². The van der Waals surface area contributed by atoms with Gasteiger partial charge in [0.25, 0.3) is 5.91 Å². The van der Waals surface area contributed by atoms with E-state index in [4.69, 9.17) is 40.5 Å². The Morgan fingerprint density at radius 2 is 1.83 bits per heavy atom. The molecule has 0 aliphatic rings. The molecule has 0 bridgehead atoms. The van der Waals surface area contributed by atoms with E-state index in [0.717, 1.165) is 11.1 Å². The van der Waals surface area contributed by atoms with Gasteiger partial charge in [-0.2, -0.15) is 5.10 Å². The monoisotopic (exact) mass is 384 g/mol. The van der Waals surface area contributed by atoms with Crippen molar-refractivity contribution in [3.63, 3.8) is 0 Å². The molecule has 0 spiro atoms. The van der Waals surface area contributed by atoms with E-state index in [1.165, 1.54) is 5.56 Å². The Morgan fingerprint density at radius 1 is 1.17 bits per heavy atom. The van der Waals surface area contributed by atoms with Crippen molar-refractivity contribution in [2.75, 3.05) is 5.73 Å². The summed E-state index contributed by atoms with van der Waals surface area (Å²) in [5, 5.41) is 3.91. The first-order valence-corrected chi connectivity index (χ1v) is 8.08. The highest BCUT2D eigenvalue weighted by Crippen LogP contribution is 2.34. The summed E-state index contributed by atoms with van der Waals surface area (Å²) in [6, 6.07) is 5.90.